The fourth-order valence-corrected chi connectivity index (χ4v) is 2.64. The first-order chi connectivity index (χ1) is 8.63. The van der Waals surface area contributed by atoms with Gasteiger partial charge in [0.2, 0.25) is 0 Å². The molecule has 106 valence electrons. The lowest BCUT2D eigenvalue weighted by molar-refractivity contribution is 0.0726. The molecule has 0 aromatic heterocycles. The van der Waals surface area contributed by atoms with Gasteiger partial charge in [0.15, 0.2) is 0 Å². The van der Waals surface area contributed by atoms with Gasteiger partial charge in [-0.05, 0) is 43.2 Å². The zero-order valence-corrected chi connectivity index (χ0v) is 13.0. The lowest BCUT2D eigenvalue weighted by Crippen LogP contribution is -2.30. The van der Waals surface area contributed by atoms with Crippen molar-refractivity contribution in [3.63, 3.8) is 0 Å². The second kappa shape index (κ2) is 4.52. The van der Waals surface area contributed by atoms with Gasteiger partial charge in [-0.3, -0.25) is 0 Å². The Labute approximate surface area is 116 Å². The van der Waals surface area contributed by atoms with Crippen LogP contribution in [-0.2, 0) is 11.0 Å². The summed E-state index contributed by atoms with van der Waals surface area (Å²) in [5, 5.41) is 10.4. The summed E-state index contributed by atoms with van der Waals surface area (Å²) in [6.45, 7) is 13.3. The number of ether oxygens (including phenoxy) is 1. The fourth-order valence-electron chi connectivity index (χ4n) is 2.64. The molecule has 19 heavy (non-hydrogen) atoms. The van der Waals surface area contributed by atoms with Crippen LogP contribution in [0.25, 0.3) is 0 Å². The largest absolute Gasteiger partial charge is 0.493 e. The van der Waals surface area contributed by atoms with Crippen molar-refractivity contribution in [2.24, 2.45) is 0 Å². The Kier molecular flexibility index (Phi) is 3.42. The van der Waals surface area contributed by atoms with Crippen molar-refractivity contribution in [2.75, 3.05) is 6.61 Å². The average Bonchev–Trinajstić information content (AvgIpc) is 2.26. The first-order valence-corrected chi connectivity index (χ1v) is 7.17. The van der Waals surface area contributed by atoms with Crippen molar-refractivity contribution < 1.29 is 9.84 Å². The molecule has 0 radical (unpaired) electrons. The molecule has 1 aromatic carbocycles. The van der Waals surface area contributed by atoms with Crippen molar-refractivity contribution in [1.29, 1.82) is 0 Å². The molecule has 1 aromatic rings. The van der Waals surface area contributed by atoms with E-state index < -0.39 is 5.60 Å². The predicted molar refractivity (Wildman–Crippen MR) is 78.9 cm³/mol. The summed E-state index contributed by atoms with van der Waals surface area (Å²) >= 11 is 0. The van der Waals surface area contributed by atoms with E-state index in [0.717, 1.165) is 24.3 Å². The van der Waals surface area contributed by atoms with Gasteiger partial charge >= 0.3 is 0 Å². The number of rotatable bonds is 2. The fraction of sp³-hybridized carbons (Fsp3) is 0.647. The molecule has 0 unspecified atom stereocenters. The number of aliphatic hydroxyl groups is 1. The maximum absolute atomic E-state index is 10.4. The van der Waals surface area contributed by atoms with Crippen LogP contribution >= 0.6 is 0 Å². The van der Waals surface area contributed by atoms with Crippen LogP contribution in [0.15, 0.2) is 12.1 Å². The summed E-state index contributed by atoms with van der Waals surface area (Å²) in [7, 11) is 0. The Bertz CT molecular complexity index is 462. The molecule has 1 heterocycles. The van der Waals surface area contributed by atoms with E-state index in [9.17, 15) is 5.11 Å². The molecule has 0 saturated heterocycles. The smallest absolute Gasteiger partial charge is 0.129 e. The van der Waals surface area contributed by atoms with Crippen LogP contribution in [0.5, 0.6) is 5.75 Å². The van der Waals surface area contributed by atoms with E-state index in [1.807, 2.05) is 13.8 Å². The van der Waals surface area contributed by atoms with Crippen LogP contribution in [0.3, 0.4) is 0 Å². The molecule has 1 aliphatic rings. The monoisotopic (exact) mass is 262 g/mol. The lowest BCUT2D eigenvalue weighted by Gasteiger charge is -2.36. The number of fused-ring (bicyclic) bond motifs is 1. The van der Waals surface area contributed by atoms with Crippen molar-refractivity contribution in [2.45, 2.75) is 64.9 Å². The van der Waals surface area contributed by atoms with Gasteiger partial charge in [-0.15, -0.1) is 0 Å². The zero-order valence-electron chi connectivity index (χ0n) is 13.0. The summed E-state index contributed by atoms with van der Waals surface area (Å²) in [5.41, 5.74) is 2.67. The molecule has 2 nitrogen and oxygen atoms in total. The normalized spacial score (nSPS) is 18.1. The molecule has 1 N–H and O–H groups in total. The Morgan fingerprint density at radius 1 is 1.26 bits per heavy atom. The minimum Gasteiger partial charge on any atom is -0.493 e. The summed E-state index contributed by atoms with van der Waals surface area (Å²) in [5.74, 6) is 1.34. The maximum atomic E-state index is 10.4. The standard InChI is InChI=1S/C17H26O2/c1-11(2)12-9-13-15(14(10-12)17(5,6)18)19-8-7-16(13,3)4/h9-11,18H,7-8H2,1-6H3. The van der Waals surface area contributed by atoms with E-state index in [1.54, 1.807) is 0 Å². The first kappa shape index (κ1) is 14.4. The SMILES string of the molecule is CC(C)c1cc(C(C)(C)O)c2c(c1)C(C)(C)CCO2. The van der Waals surface area contributed by atoms with E-state index >= 15 is 0 Å². The highest BCUT2D eigenvalue weighted by molar-refractivity contribution is 5.52. The van der Waals surface area contributed by atoms with Crippen molar-refractivity contribution in [1.82, 2.24) is 0 Å². The topological polar surface area (TPSA) is 29.5 Å². The molecule has 0 amide bonds. The molecule has 0 spiro atoms. The molecular weight excluding hydrogens is 236 g/mol. The van der Waals surface area contributed by atoms with E-state index in [2.05, 4.69) is 39.8 Å². The summed E-state index contributed by atoms with van der Waals surface area (Å²) < 4.78 is 5.89. The van der Waals surface area contributed by atoms with Gasteiger partial charge < -0.3 is 9.84 Å². The van der Waals surface area contributed by atoms with Crippen LogP contribution in [-0.4, -0.2) is 11.7 Å². The van der Waals surface area contributed by atoms with E-state index in [-0.39, 0.29) is 5.41 Å². The van der Waals surface area contributed by atoms with Crippen molar-refractivity contribution in [3.8, 4) is 5.75 Å². The van der Waals surface area contributed by atoms with Crippen LogP contribution < -0.4 is 4.74 Å². The Hall–Kier alpha value is -1.02. The zero-order chi connectivity index (χ0) is 14.4. The van der Waals surface area contributed by atoms with Gasteiger partial charge in [-0.2, -0.15) is 0 Å². The first-order valence-electron chi connectivity index (χ1n) is 7.17. The maximum Gasteiger partial charge on any atom is 0.129 e. The van der Waals surface area contributed by atoms with Crippen molar-refractivity contribution >= 4 is 0 Å². The van der Waals surface area contributed by atoms with Gasteiger partial charge in [0.05, 0.1) is 12.2 Å². The summed E-state index contributed by atoms with van der Waals surface area (Å²) in [6.07, 6.45) is 1.02. The molecule has 2 rings (SSSR count). The molecule has 0 atom stereocenters. The third-order valence-corrected chi connectivity index (χ3v) is 4.14. The third kappa shape index (κ3) is 2.64. The molecule has 0 saturated carbocycles. The predicted octanol–water partition coefficient (Wildman–Crippen LogP) is 4.10. The number of hydrogen-bond donors (Lipinski definition) is 1. The van der Waals surface area contributed by atoms with Gasteiger partial charge in [0.1, 0.15) is 5.75 Å². The Balaban J connectivity index is 2.71. The van der Waals surface area contributed by atoms with Crippen LogP contribution in [0, 0.1) is 0 Å². The Morgan fingerprint density at radius 2 is 1.89 bits per heavy atom. The molecule has 0 fully saturated rings. The second-order valence-corrected chi connectivity index (χ2v) is 7.14. The molecule has 0 aliphatic carbocycles. The minimum atomic E-state index is -0.873. The third-order valence-electron chi connectivity index (χ3n) is 4.14. The molecular formula is C17H26O2. The highest BCUT2D eigenvalue weighted by atomic mass is 16.5. The van der Waals surface area contributed by atoms with Gasteiger partial charge in [0, 0.05) is 11.1 Å². The quantitative estimate of drug-likeness (QED) is 0.869. The highest BCUT2D eigenvalue weighted by Crippen LogP contribution is 2.45. The van der Waals surface area contributed by atoms with Gasteiger partial charge in [-0.25, -0.2) is 0 Å². The van der Waals surface area contributed by atoms with Gasteiger partial charge in [-0.1, -0.05) is 33.8 Å². The van der Waals surface area contributed by atoms with E-state index in [0.29, 0.717) is 5.92 Å². The van der Waals surface area contributed by atoms with Crippen LogP contribution in [0.1, 0.15) is 70.6 Å². The summed E-state index contributed by atoms with van der Waals surface area (Å²) in [4.78, 5) is 0. The highest BCUT2D eigenvalue weighted by Gasteiger charge is 2.34. The average molecular weight is 262 g/mol. The number of hydrogen-bond acceptors (Lipinski definition) is 2. The van der Waals surface area contributed by atoms with Crippen LogP contribution in [0.2, 0.25) is 0 Å². The molecule has 0 bridgehead atoms. The molecule has 2 heteroatoms. The van der Waals surface area contributed by atoms with E-state index in [1.165, 1.54) is 11.1 Å². The summed E-state index contributed by atoms with van der Waals surface area (Å²) in [6, 6.07) is 4.36. The molecule has 1 aliphatic heterocycles. The lowest BCUT2D eigenvalue weighted by atomic mass is 9.76. The van der Waals surface area contributed by atoms with E-state index in [4.69, 9.17) is 4.74 Å². The van der Waals surface area contributed by atoms with Gasteiger partial charge in [0.25, 0.3) is 0 Å². The van der Waals surface area contributed by atoms with Crippen LogP contribution in [0.4, 0.5) is 0 Å². The number of benzene rings is 1. The minimum absolute atomic E-state index is 0.110. The Morgan fingerprint density at radius 3 is 2.42 bits per heavy atom. The van der Waals surface area contributed by atoms with Crippen molar-refractivity contribution in [3.05, 3.63) is 28.8 Å². The second-order valence-electron chi connectivity index (χ2n) is 7.14.